The van der Waals surface area contributed by atoms with E-state index in [1.807, 2.05) is 0 Å². The van der Waals surface area contributed by atoms with Crippen molar-refractivity contribution in [2.24, 2.45) is 10.8 Å². The van der Waals surface area contributed by atoms with Crippen LogP contribution in [0.25, 0.3) is 22.3 Å². The minimum absolute atomic E-state index is 0.295. The normalized spacial score (nSPS) is 17.3. The lowest BCUT2D eigenvalue weighted by Crippen LogP contribution is -2.62. The van der Waals surface area contributed by atoms with E-state index in [4.69, 9.17) is 0 Å². The molecule has 2 nitrogen and oxygen atoms in total. The summed E-state index contributed by atoms with van der Waals surface area (Å²) < 4.78 is 0. The first-order valence-electron chi connectivity index (χ1n) is 23.0. The number of rotatable bonds is 7. The molecule has 0 fully saturated rings. The summed E-state index contributed by atoms with van der Waals surface area (Å²) in [4.78, 5) is 4.91. The molecule has 0 aliphatic heterocycles. The van der Waals surface area contributed by atoms with Crippen LogP contribution in [-0.4, -0.2) is 0 Å². The quantitative estimate of drug-likeness (QED) is 0.158. The van der Waals surface area contributed by atoms with E-state index < -0.39 is 10.8 Å². The van der Waals surface area contributed by atoms with Crippen LogP contribution in [0.1, 0.15) is 86.1 Å². The fourth-order valence-electron chi connectivity index (χ4n) is 12.0. The van der Waals surface area contributed by atoms with Crippen molar-refractivity contribution in [3.8, 4) is 22.3 Å². The molecule has 0 radical (unpaired) electrons. The average Bonchev–Trinajstić information content (AvgIpc) is 3.75. The molecule has 2 unspecified atom stereocenters. The summed E-state index contributed by atoms with van der Waals surface area (Å²) in [6, 6.07) is 69.4. The predicted octanol–water partition coefficient (Wildman–Crippen LogP) is 17.2. The lowest BCUT2D eigenvalue weighted by Gasteiger charge is -2.62. The molecule has 2 heteroatoms. The molecule has 318 valence electrons. The molecule has 10 rings (SSSR count). The molecule has 2 aliphatic rings. The molecular formula is C62H60N2. The van der Waals surface area contributed by atoms with Crippen molar-refractivity contribution in [3.05, 3.63) is 226 Å². The molecule has 0 saturated carbocycles. The summed E-state index contributed by atoms with van der Waals surface area (Å²) in [6.45, 7) is 23.7. The fraction of sp³-hybridized carbons (Fsp3) is 0.226. The van der Waals surface area contributed by atoms with E-state index in [0.29, 0.717) is 0 Å². The molecule has 2 atom stereocenters. The number of anilines is 6. The minimum Gasteiger partial charge on any atom is -0.310 e. The molecule has 0 spiro atoms. The molecule has 0 amide bonds. The Morgan fingerprint density at radius 1 is 0.281 bits per heavy atom. The number of nitrogens with zero attached hydrogens (tertiary/aromatic N) is 2. The zero-order chi connectivity index (χ0) is 44.8. The number of fused-ring (bicyclic) bond motifs is 6. The Labute approximate surface area is 381 Å². The molecule has 0 bridgehead atoms. The molecule has 0 saturated heterocycles. The summed E-state index contributed by atoms with van der Waals surface area (Å²) >= 11 is 0. The van der Waals surface area contributed by atoms with Gasteiger partial charge in [-0.25, -0.2) is 0 Å². The first-order chi connectivity index (χ1) is 30.6. The lowest BCUT2D eigenvalue weighted by molar-refractivity contribution is 0.0594. The Kier molecular flexibility index (Phi) is 9.69. The molecule has 0 heterocycles. The first kappa shape index (κ1) is 41.4. The molecule has 64 heavy (non-hydrogen) atoms. The summed E-state index contributed by atoms with van der Waals surface area (Å²) in [7, 11) is 0. The van der Waals surface area contributed by atoms with E-state index in [1.54, 1.807) is 0 Å². The van der Waals surface area contributed by atoms with Crippen molar-refractivity contribution in [2.75, 3.05) is 9.80 Å². The zero-order valence-corrected chi connectivity index (χ0v) is 39.2. The van der Waals surface area contributed by atoms with Crippen molar-refractivity contribution in [2.45, 2.75) is 80.1 Å². The van der Waals surface area contributed by atoms with Gasteiger partial charge in [-0.1, -0.05) is 173 Å². The van der Waals surface area contributed by atoms with Gasteiger partial charge in [0.1, 0.15) is 0 Å². The van der Waals surface area contributed by atoms with Gasteiger partial charge in [-0.05, 0) is 156 Å². The second-order valence-electron chi connectivity index (χ2n) is 20.6. The largest absolute Gasteiger partial charge is 0.310 e. The molecule has 2 aliphatic carbocycles. The lowest BCUT2D eigenvalue weighted by atomic mass is 9.39. The van der Waals surface area contributed by atoms with E-state index in [0.717, 1.165) is 34.1 Å². The Morgan fingerprint density at radius 3 is 0.812 bits per heavy atom. The highest BCUT2D eigenvalue weighted by Crippen LogP contribution is 2.75. The number of hydrogen-bond acceptors (Lipinski definition) is 2. The van der Waals surface area contributed by atoms with Gasteiger partial charge in [-0.15, -0.1) is 0 Å². The third-order valence-corrected chi connectivity index (χ3v) is 14.6. The van der Waals surface area contributed by atoms with Crippen LogP contribution < -0.4 is 9.80 Å². The van der Waals surface area contributed by atoms with Crippen LogP contribution in [0.3, 0.4) is 0 Å². The van der Waals surface area contributed by atoms with Gasteiger partial charge in [0.2, 0.25) is 0 Å². The second kappa shape index (κ2) is 15.0. The highest BCUT2D eigenvalue weighted by atomic mass is 15.1. The van der Waals surface area contributed by atoms with Crippen molar-refractivity contribution < 1.29 is 0 Å². The van der Waals surface area contributed by atoms with Gasteiger partial charge in [0.15, 0.2) is 0 Å². The van der Waals surface area contributed by atoms with E-state index >= 15 is 0 Å². The van der Waals surface area contributed by atoms with Gasteiger partial charge in [-0.3, -0.25) is 0 Å². The maximum Gasteiger partial charge on any atom is 0.0465 e. The van der Waals surface area contributed by atoms with Gasteiger partial charge in [0, 0.05) is 45.0 Å². The van der Waals surface area contributed by atoms with Crippen LogP contribution in [0.2, 0.25) is 0 Å². The SMILES string of the molecule is Cc1ccc(N(c2ccc(C)cc2)c2ccc3c(c2)C(C(C)(C)C)(C2(C(C)(C)C)c4ccccc4-c4ccc(N(c5ccc(C)cc5)c5ccc(C)cc5)cc42)c2ccccc2-3)cc1. The van der Waals surface area contributed by atoms with Gasteiger partial charge in [0.25, 0.3) is 0 Å². The van der Waals surface area contributed by atoms with Gasteiger partial charge in [0.05, 0.1) is 0 Å². The predicted molar refractivity (Wildman–Crippen MR) is 273 cm³/mol. The Balaban J connectivity index is 1.32. The van der Waals surface area contributed by atoms with Crippen LogP contribution in [0.5, 0.6) is 0 Å². The fourth-order valence-corrected chi connectivity index (χ4v) is 12.0. The van der Waals surface area contributed by atoms with Gasteiger partial charge in [-0.2, -0.15) is 0 Å². The number of hydrogen-bond donors (Lipinski definition) is 0. The average molecular weight is 833 g/mol. The second-order valence-corrected chi connectivity index (χ2v) is 20.6. The van der Waals surface area contributed by atoms with Gasteiger partial charge >= 0.3 is 0 Å². The molecule has 0 aromatic heterocycles. The number of aryl methyl sites for hydroxylation is 4. The van der Waals surface area contributed by atoms with Crippen LogP contribution in [0, 0.1) is 38.5 Å². The summed E-state index contributed by atoms with van der Waals surface area (Å²) in [5, 5.41) is 0. The highest BCUT2D eigenvalue weighted by molar-refractivity contribution is 5.93. The van der Waals surface area contributed by atoms with Crippen molar-refractivity contribution in [1.29, 1.82) is 0 Å². The Bertz CT molecular complexity index is 2730. The van der Waals surface area contributed by atoms with Crippen LogP contribution in [0.15, 0.2) is 182 Å². The van der Waals surface area contributed by atoms with E-state index in [1.165, 1.54) is 66.8 Å². The Hall–Kier alpha value is -6.64. The smallest absolute Gasteiger partial charge is 0.0465 e. The van der Waals surface area contributed by atoms with E-state index in [9.17, 15) is 0 Å². The van der Waals surface area contributed by atoms with Crippen molar-refractivity contribution >= 4 is 34.1 Å². The minimum atomic E-state index is -0.551. The van der Waals surface area contributed by atoms with E-state index in [2.05, 4.69) is 261 Å². The molecule has 0 N–H and O–H groups in total. The molecule has 8 aromatic rings. The number of benzene rings is 8. The monoisotopic (exact) mass is 832 g/mol. The zero-order valence-electron chi connectivity index (χ0n) is 39.2. The third kappa shape index (κ3) is 6.06. The van der Waals surface area contributed by atoms with Crippen molar-refractivity contribution in [1.82, 2.24) is 0 Å². The summed E-state index contributed by atoms with van der Waals surface area (Å²) in [5.41, 5.74) is 21.0. The third-order valence-electron chi connectivity index (χ3n) is 14.6. The topological polar surface area (TPSA) is 6.48 Å². The van der Waals surface area contributed by atoms with E-state index in [-0.39, 0.29) is 10.8 Å². The van der Waals surface area contributed by atoms with Gasteiger partial charge < -0.3 is 9.80 Å². The first-order valence-corrected chi connectivity index (χ1v) is 23.0. The standard InChI is InChI=1S/C62H60N2/c1-41-19-27-45(28-20-41)63(46-29-21-42(2)22-30-46)49-35-37-53-51-15-11-13-17-55(51)61(57(53)39-49,59(5,6)7)62(60(8,9)10)56-18-14-12-16-52(56)54-38-36-50(40-58(54)62)64(47-31-23-43(3)24-32-47)48-33-25-44(4)26-34-48/h11-40H,1-10H3. The Morgan fingerprint density at radius 2 is 0.531 bits per heavy atom. The van der Waals surface area contributed by atoms with Crippen LogP contribution in [0.4, 0.5) is 34.1 Å². The summed E-state index contributed by atoms with van der Waals surface area (Å²) in [6.07, 6.45) is 0. The molecular weight excluding hydrogens is 773 g/mol. The maximum atomic E-state index is 2.57. The summed E-state index contributed by atoms with van der Waals surface area (Å²) in [5.74, 6) is 0. The molecule has 8 aromatic carbocycles. The van der Waals surface area contributed by atoms with Crippen molar-refractivity contribution in [3.63, 3.8) is 0 Å². The van der Waals surface area contributed by atoms with Crippen LogP contribution in [-0.2, 0) is 10.8 Å². The maximum absolute atomic E-state index is 2.57. The highest BCUT2D eigenvalue weighted by Gasteiger charge is 2.70. The van der Waals surface area contributed by atoms with Crippen LogP contribution >= 0.6 is 0 Å².